The molecular formula is C45H36N4O. The molecule has 50 heavy (non-hydrogen) atoms. The molecule has 0 radical (unpaired) electrons. The lowest BCUT2D eigenvalue weighted by atomic mass is 9.77. The minimum Gasteiger partial charge on any atom is -0.294 e. The van der Waals surface area contributed by atoms with E-state index in [2.05, 4.69) is 134 Å². The molecule has 0 saturated carbocycles. The van der Waals surface area contributed by atoms with E-state index in [0.717, 1.165) is 60.6 Å². The van der Waals surface area contributed by atoms with Crippen molar-refractivity contribution in [2.45, 2.75) is 19.3 Å². The molecule has 0 saturated heterocycles. The molecule has 9 rings (SSSR count). The summed E-state index contributed by atoms with van der Waals surface area (Å²) >= 11 is 0. The molecule has 0 bridgehead atoms. The van der Waals surface area contributed by atoms with Crippen molar-refractivity contribution >= 4 is 38.9 Å². The van der Waals surface area contributed by atoms with Gasteiger partial charge in [-0.2, -0.15) is 5.06 Å². The molecule has 0 atom stereocenters. The molecular weight excluding hydrogens is 613 g/mol. The van der Waals surface area contributed by atoms with Crippen molar-refractivity contribution in [2.75, 3.05) is 17.1 Å². The number of hydrogen-bond acceptors (Lipinski definition) is 4. The molecule has 0 amide bonds. The second kappa shape index (κ2) is 11.8. The molecule has 242 valence electrons. The Morgan fingerprint density at radius 1 is 0.580 bits per heavy atom. The molecule has 0 N–H and O–H groups in total. The van der Waals surface area contributed by atoms with Gasteiger partial charge in [0.1, 0.15) is 5.82 Å². The smallest absolute Gasteiger partial charge is 0.138 e. The Morgan fingerprint density at radius 3 is 2.12 bits per heavy atom. The van der Waals surface area contributed by atoms with E-state index in [4.69, 9.17) is 14.0 Å². The van der Waals surface area contributed by atoms with E-state index in [0.29, 0.717) is 11.4 Å². The van der Waals surface area contributed by atoms with Crippen LogP contribution < -0.4 is 10.1 Å². The highest BCUT2D eigenvalue weighted by molar-refractivity contribution is 6.09. The number of anilines is 3. The van der Waals surface area contributed by atoms with E-state index in [1.807, 2.05) is 42.6 Å². The van der Waals surface area contributed by atoms with E-state index < -0.39 is 12.4 Å². The lowest BCUT2D eigenvalue weighted by Crippen LogP contribution is -2.22. The number of fused-ring (bicyclic) bond motifs is 4. The molecule has 3 heterocycles. The van der Waals surface area contributed by atoms with Crippen LogP contribution in [0.15, 0.2) is 164 Å². The maximum absolute atomic E-state index is 8.05. The largest absolute Gasteiger partial charge is 0.294 e. The lowest BCUT2D eigenvalue weighted by molar-refractivity contribution is 0.142. The van der Waals surface area contributed by atoms with E-state index >= 15 is 0 Å². The van der Waals surface area contributed by atoms with E-state index in [1.165, 1.54) is 11.1 Å². The van der Waals surface area contributed by atoms with Crippen LogP contribution in [0.1, 0.15) is 29.1 Å². The molecule has 5 heteroatoms. The van der Waals surface area contributed by atoms with Crippen molar-refractivity contribution in [1.82, 2.24) is 9.55 Å². The fraction of sp³-hybridized carbons (Fsp3) is 0.0889. The van der Waals surface area contributed by atoms with Crippen molar-refractivity contribution in [3.63, 3.8) is 0 Å². The van der Waals surface area contributed by atoms with E-state index in [9.17, 15) is 0 Å². The van der Waals surface area contributed by atoms with Gasteiger partial charge in [-0.25, -0.2) is 10.0 Å². The van der Waals surface area contributed by atoms with Gasteiger partial charge in [0.15, 0.2) is 0 Å². The molecule has 0 unspecified atom stereocenters. The predicted octanol–water partition coefficient (Wildman–Crippen LogP) is 11.3. The highest BCUT2D eigenvalue weighted by atomic mass is 16.8. The summed E-state index contributed by atoms with van der Waals surface area (Å²) in [7, 11) is 0. The van der Waals surface area contributed by atoms with Crippen LogP contribution in [-0.4, -0.2) is 16.5 Å². The Morgan fingerprint density at radius 2 is 1.28 bits per heavy atom. The summed E-state index contributed by atoms with van der Waals surface area (Å²) in [5.74, 6) is 0.845. The van der Waals surface area contributed by atoms with Crippen LogP contribution in [0.3, 0.4) is 0 Å². The zero-order chi connectivity index (χ0) is 36.3. The van der Waals surface area contributed by atoms with Gasteiger partial charge in [0, 0.05) is 33.5 Å². The SMILES string of the molecule is [2H]C([2H])([2H])N1ON(c2cccc(C(C)(C)c3ccc4c5ccccc5n(-c5cc(-c6ccccc6-c6ccccc6)ccn5)c4c3)c2)c2ccccc21. The number of pyridine rings is 1. The number of aromatic nitrogens is 2. The maximum atomic E-state index is 8.05. The summed E-state index contributed by atoms with van der Waals surface area (Å²) in [6, 6.07) is 53.9. The maximum Gasteiger partial charge on any atom is 0.138 e. The quantitative estimate of drug-likeness (QED) is 0.179. The number of rotatable bonds is 6. The molecule has 8 aromatic rings. The topological polar surface area (TPSA) is 33.5 Å². The number of nitrogens with zero attached hydrogens (tertiary/aromatic N) is 4. The summed E-state index contributed by atoms with van der Waals surface area (Å²) in [4.78, 5) is 10.9. The fourth-order valence-electron chi connectivity index (χ4n) is 7.27. The van der Waals surface area contributed by atoms with Gasteiger partial charge in [0.25, 0.3) is 0 Å². The van der Waals surface area contributed by atoms with Crippen LogP contribution in [0.4, 0.5) is 17.1 Å². The average Bonchev–Trinajstić information content (AvgIpc) is 3.75. The van der Waals surface area contributed by atoms with Crippen molar-refractivity contribution in [2.24, 2.45) is 0 Å². The van der Waals surface area contributed by atoms with Gasteiger partial charge in [0.2, 0.25) is 0 Å². The van der Waals surface area contributed by atoms with Gasteiger partial charge in [-0.05, 0) is 81.9 Å². The first kappa shape index (κ1) is 26.7. The second-order valence-corrected chi connectivity index (χ2v) is 13.2. The summed E-state index contributed by atoms with van der Waals surface area (Å²) in [5, 5.41) is 4.90. The van der Waals surface area contributed by atoms with Crippen LogP contribution in [0.25, 0.3) is 49.9 Å². The summed E-state index contributed by atoms with van der Waals surface area (Å²) in [6.45, 7) is 1.97. The number of hydroxylamine groups is 1. The second-order valence-electron chi connectivity index (χ2n) is 13.2. The molecule has 0 aliphatic carbocycles. The Balaban J connectivity index is 1.14. The molecule has 1 aliphatic heterocycles. The average molecular weight is 652 g/mol. The summed E-state index contributed by atoms with van der Waals surface area (Å²) in [6.07, 6.45) is 1.90. The first-order valence-corrected chi connectivity index (χ1v) is 16.8. The van der Waals surface area contributed by atoms with Crippen LogP contribution in [0.2, 0.25) is 0 Å². The number of benzene rings is 6. The van der Waals surface area contributed by atoms with Gasteiger partial charge < -0.3 is 0 Å². The number of hydrogen-bond donors (Lipinski definition) is 0. The Hall–Kier alpha value is -6.17. The standard InChI is InChI=1S/C45H36N4O/c1-45(2,33-16-13-17-35(29-33)49-42-23-12-11-22-41(42)47(3)50-49)34-24-25-39-38-20-9-10-21-40(38)48(43(39)30-34)44-28-32(26-27-46-44)37-19-8-7-18-36(37)31-14-5-4-6-15-31/h4-30H,1-3H3/i3D3. The molecule has 5 nitrogen and oxygen atoms in total. The van der Waals surface area contributed by atoms with Crippen molar-refractivity contribution in [1.29, 1.82) is 0 Å². The Labute approximate surface area is 296 Å². The van der Waals surface area contributed by atoms with Crippen LogP contribution in [0.5, 0.6) is 0 Å². The van der Waals surface area contributed by atoms with Crippen molar-refractivity contribution < 1.29 is 9.05 Å². The highest BCUT2D eigenvalue weighted by Crippen LogP contribution is 2.43. The minimum atomic E-state index is -2.46. The minimum absolute atomic E-state index is 0.432. The van der Waals surface area contributed by atoms with Gasteiger partial charge in [-0.15, -0.1) is 4.94 Å². The molecule has 2 aromatic heterocycles. The first-order valence-electron chi connectivity index (χ1n) is 18.3. The van der Waals surface area contributed by atoms with Gasteiger partial charge in [0.05, 0.1) is 28.1 Å². The third kappa shape index (κ3) is 4.86. The van der Waals surface area contributed by atoms with E-state index in [-0.39, 0.29) is 0 Å². The summed E-state index contributed by atoms with van der Waals surface area (Å²) in [5.41, 5.74) is 10.4. The normalized spacial score (nSPS) is 14.1. The zero-order valence-electron chi connectivity index (χ0n) is 30.8. The zero-order valence-corrected chi connectivity index (χ0v) is 27.8. The highest BCUT2D eigenvalue weighted by Gasteiger charge is 2.29. The third-order valence-corrected chi connectivity index (χ3v) is 9.98. The molecule has 0 fully saturated rings. The molecule has 6 aromatic carbocycles. The van der Waals surface area contributed by atoms with E-state index in [1.54, 1.807) is 11.1 Å². The van der Waals surface area contributed by atoms with Crippen LogP contribution >= 0.6 is 0 Å². The van der Waals surface area contributed by atoms with Gasteiger partial charge >= 0.3 is 0 Å². The first-order chi connectivity index (χ1) is 25.7. The molecule has 0 spiro atoms. The van der Waals surface area contributed by atoms with Crippen molar-refractivity contribution in [3.05, 3.63) is 175 Å². The van der Waals surface area contributed by atoms with Gasteiger partial charge in [-0.3, -0.25) is 4.57 Å². The van der Waals surface area contributed by atoms with Crippen LogP contribution in [-0.2, 0) is 10.4 Å². The number of para-hydroxylation sites is 3. The lowest BCUT2D eigenvalue weighted by Gasteiger charge is -2.28. The van der Waals surface area contributed by atoms with Crippen molar-refractivity contribution in [3.8, 4) is 28.1 Å². The summed E-state index contributed by atoms with van der Waals surface area (Å²) < 4.78 is 26.4. The fourth-order valence-corrected chi connectivity index (χ4v) is 7.27. The molecule has 1 aliphatic rings. The Bertz CT molecular complexity index is 2650. The monoisotopic (exact) mass is 651 g/mol. The third-order valence-electron chi connectivity index (χ3n) is 9.98. The van der Waals surface area contributed by atoms with Crippen LogP contribution in [0, 0.1) is 0 Å². The predicted molar refractivity (Wildman–Crippen MR) is 206 cm³/mol. The Kier molecular flexibility index (Phi) is 6.29. The van der Waals surface area contributed by atoms with Gasteiger partial charge in [-0.1, -0.05) is 123 Å².